The summed E-state index contributed by atoms with van der Waals surface area (Å²) in [6.07, 6.45) is 6.16. The van der Waals surface area contributed by atoms with Crippen molar-refractivity contribution in [1.29, 1.82) is 0 Å². The maximum atomic E-state index is 16.4. The van der Waals surface area contributed by atoms with Crippen LogP contribution in [0.4, 0.5) is 15.0 Å². The van der Waals surface area contributed by atoms with E-state index in [0.29, 0.717) is 42.4 Å². The number of hydrogen-bond donors (Lipinski definition) is 1. The van der Waals surface area contributed by atoms with Crippen molar-refractivity contribution in [2.75, 3.05) is 30.9 Å². The third-order valence-corrected chi connectivity index (χ3v) is 7.84. The molecule has 4 aromatic rings. The number of nitrogens with one attached hydrogen (secondary N) is 1. The van der Waals surface area contributed by atoms with Gasteiger partial charge in [-0.05, 0) is 55.2 Å². The Morgan fingerprint density at radius 3 is 2.84 bits per heavy atom. The summed E-state index contributed by atoms with van der Waals surface area (Å²) in [5.41, 5.74) is 1.83. The van der Waals surface area contributed by atoms with Gasteiger partial charge in [-0.2, -0.15) is 0 Å². The Bertz CT molecular complexity index is 1520. The number of pyridine rings is 1. The van der Waals surface area contributed by atoms with Gasteiger partial charge >= 0.3 is 6.09 Å². The molecule has 7 rings (SSSR count). The van der Waals surface area contributed by atoms with E-state index >= 15 is 4.39 Å². The molecule has 3 aliphatic rings. The number of piperidine rings is 1. The van der Waals surface area contributed by atoms with Crippen LogP contribution in [0.3, 0.4) is 0 Å². The number of carbonyl (C=O) groups is 1. The minimum atomic E-state index is -0.506. The first kappa shape index (κ1) is 23.9. The van der Waals surface area contributed by atoms with Gasteiger partial charge < -0.3 is 15.0 Å². The molecule has 0 saturated carbocycles. The van der Waals surface area contributed by atoms with Gasteiger partial charge in [0.2, 0.25) is 0 Å². The number of fused-ring (bicyclic) bond motifs is 6. The first-order valence-corrected chi connectivity index (χ1v) is 13.8. The molecule has 9 heteroatoms. The minimum absolute atomic E-state index is 0.262. The second-order valence-corrected chi connectivity index (χ2v) is 10.8. The number of rotatable bonds is 1. The Morgan fingerprint density at radius 2 is 2.00 bits per heavy atom. The molecule has 6 bridgehead atoms. The monoisotopic (exact) mass is 517 g/mol. The van der Waals surface area contributed by atoms with Gasteiger partial charge in [0.05, 0.1) is 17.5 Å². The van der Waals surface area contributed by atoms with Crippen LogP contribution in [-0.4, -0.2) is 52.5 Å². The number of ether oxygens (including phenoxy) is 1. The smallest absolute Gasteiger partial charge is 0.407 e. The summed E-state index contributed by atoms with van der Waals surface area (Å²) in [7, 11) is 0. The maximum Gasteiger partial charge on any atom is 0.407 e. The Labute approximate surface area is 218 Å². The number of thioether (sulfide) groups is 1. The number of alkyl carbamates (subject to hydrolysis) is 1. The van der Waals surface area contributed by atoms with E-state index in [2.05, 4.69) is 20.2 Å². The van der Waals surface area contributed by atoms with E-state index in [-0.39, 0.29) is 11.2 Å². The Kier molecular flexibility index (Phi) is 6.10. The fraction of sp³-hybridized carbons (Fsp3) is 0.357. The van der Waals surface area contributed by atoms with E-state index in [9.17, 15) is 4.79 Å². The van der Waals surface area contributed by atoms with Gasteiger partial charge in [0.1, 0.15) is 17.0 Å². The third kappa shape index (κ3) is 4.35. The fourth-order valence-corrected chi connectivity index (χ4v) is 5.96. The maximum absolute atomic E-state index is 16.4. The number of amides is 1. The summed E-state index contributed by atoms with van der Waals surface area (Å²) in [4.78, 5) is 28.8. The first-order valence-electron chi connectivity index (χ1n) is 12.6. The number of benzene rings is 2. The topological polar surface area (TPSA) is 80.2 Å². The van der Waals surface area contributed by atoms with Crippen LogP contribution >= 0.6 is 11.8 Å². The zero-order chi connectivity index (χ0) is 25.6. The summed E-state index contributed by atoms with van der Waals surface area (Å²) in [6.45, 7) is 3.58. The summed E-state index contributed by atoms with van der Waals surface area (Å²) < 4.78 is 21.9. The van der Waals surface area contributed by atoms with E-state index in [1.165, 1.54) is 11.8 Å². The van der Waals surface area contributed by atoms with Crippen LogP contribution in [0.25, 0.3) is 32.9 Å². The highest BCUT2D eigenvalue weighted by Crippen LogP contribution is 2.37. The number of anilines is 1. The molecule has 1 saturated heterocycles. The standard InChI is InChI=1S/C28H28FN5O2S/c1-28-12-6-13-34(16-28)25-20-15-30-23(22(29)24(20)31-26(32-25)37-2)19-11-4-9-17-7-3-8-18(21(17)19)10-5-14-36-27(35)33-28/h3-4,7-9,11,15H,5-6,10,12-14,16H2,1-2H3,(H,33,35). The lowest BCUT2D eigenvalue weighted by atomic mass is 9.91. The molecule has 5 heterocycles. The Hall–Kier alpha value is -3.46. The SMILES string of the molecule is CSc1nc2c3cnc(c(F)c3n1)-c1cccc3cccc(c13)CCCOC(=O)NC1(C)CCCN2C1. The largest absolute Gasteiger partial charge is 0.450 e. The minimum Gasteiger partial charge on any atom is -0.450 e. The number of hydrogen-bond acceptors (Lipinski definition) is 7. The predicted molar refractivity (Wildman–Crippen MR) is 145 cm³/mol. The van der Waals surface area contributed by atoms with Crippen LogP contribution in [-0.2, 0) is 11.2 Å². The zero-order valence-electron chi connectivity index (χ0n) is 20.9. The average molecular weight is 518 g/mol. The normalized spacial score (nSPS) is 20.2. The van der Waals surface area contributed by atoms with Gasteiger partial charge in [-0.25, -0.2) is 19.2 Å². The summed E-state index contributed by atoms with van der Waals surface area (Å²) in [5, 5.41) is 6.10. The van der Waals surface area contributed by atoms with Crippen molar-refractivity contribution in [3.8, 4) is 11.3 Å². The van der Waals surface area contributed by atoms with Gasteiger partial charge in [-0.3, -0.25) is 4.98 Å². The first-order chi connectivity index (χ1) is 18.0. The highest BCUT2D eigenvalue weighted by Gasteiger charge is 2.35. The second kappa shape index (κ2) is 9.45. The number of aromatic nitrogens is 3. The highest BCUT2D eigenvalue weighted by molar-refractivity contribution is 7.98. The van der Waals surface area contributed by atoms with E-state index in [1.54, 1.807) is 6.20 Å². The van der Waals surface area contributed by atoms with Crippen molar-refractivity contribution >= 4 is 45.3 Å². The molecule has 37 heavy (non-hydrogen) atoms. The van der Waals surface area contributed by atoms with E-state index in [1.807, 2.05) is 49.6 Å². The Morgan fingerprint density at radius 1 is 1.16 bits per heavy atom. The average Bonchev–Trinajstić information content (AvgIpc) is 2.90. The lowest BCUT2D eigenvalue weighted by Gasteiger charge is -2.41. The number of nitrogens with zero attached hydrogens (tertiary/aromatic N) is 4. The van der Waals surface area contributed by atoms with Crippen molar-refractivity contribution in [1.82, 2.24) is 20.3 Å². The number of aryl methyl sites for hydroxylation is 1. The molecule has 0 aliphatic carbocycles. The zero-order valence-corrected chi connectivity index (χ0v) is 21.7. The molecule has 1 N–H and O–H groups in total. The Balaban J connectivity index is 1.61. The van der Waals surface area contributed by atoms with Gasteiger partial charge in [-0.1, -0.05) is 48.2 Å². The fourth-order valence-electron chi connectivity index (χ4n) is 5.60. The van der Waals surface area contributed by atoms with E-state index in [0.717, 1.165) is 41.3 Å². The van der Waals surface area contributed by atoms with Crippen LogP contribution in [0.5, 0.6) is 0 Å². The lowest BCUT2D eigenvalue weighted by Crippen LogP contribution is -2.57. The predicted octanol–water partition coefficient (Wildman–Crippen LogP) is 5.74. The summed E-state index contributed by atoms with van der Waals surface area (Å²) in [5.74, 6) is 0.191. The molecule has 1 atom stereocenters. The third-order valence-electron chi connectivity index (χ3n) is 7.30. The lowest BCUT2D eigenvalue weighted by molar-refractivity contribution is 0.130. The molecule has 1 fully saturated rings. The molecule has 1 unspecified atom stereocenters. The molecule has 3 aliphatic heterocycles. The quantitative estimate of drug-likeness (QED) is 0.255. The van der Waals surface area contributed by atoms with Crippen molar-refractivity contribution in [3.05, 3.63) is 54.0 Å². The molecular weight excluding hydrogens is 489 g/mol. The van der Waals surface area contributed by atoms with Gasteiger partial charge in [0.15, 0.2) is 11.0 Å². The molecular formula is C28H28FN5O2S. The highest BCUT2D eigenvalue weighted by atomic mass is 32.2. The van der Waals surface area contributed by atoms with E-state index in [4.69, 9.17) is 9.72 Å². The van der Waals surface area contributed by atoms with Crippen molar-refractivity contribution in [2.45, 2.75) is 43.3 Å². The van der Waals surface area contributed by atoms with Gasteiger partial charge in [-0.15, -0.1) is 0 Å². The molecule has 2 aromatic carbocycles. The number of carbonyl (C=O) groups excluding carboxylic acids is 1. The van der Waals surface area contributed by atoms with Crippen molar-refractivity contribution in [2.24, 2.45) is 0 Å². The van der Waals surface area contributed by atoms with E-state index < -0.39 is 17.4 Å². The molecule has 190 valence electrons. The molecule has 0 radical (unpaired) electrons. The second-order valence-electron chi connectivity index (χ2n) is 9.99. The summed E-state index contributed by atoms with van der Waals surface area (Å²) in [6, 6.07) is 11.9. The molecule has 0 spiro atoms. The molecule has 1 amide bonds. The van der Waals surface area contributed by atoms with Crippen LogP contribution in [0, 0.1) is 5.82 Å². The van der Waals surface area contributed by atoms with Crippen LogP contribution in [0.2, 0.25) is 0 Å². The molecule has 7 nitrogen and oxygen atoms in total. The molecule has 2 aromatic heterocycles. The van der Waals surface area contributed by atoms with Gasteiger partial charge in [0.25, 0.3) is 0 Å². The summed E-state index contributed by atoms with van der Waals surface area (Å²) >= 11 is 1.38. The van der Waals surface area contributed by atoms with Crippen LogP contribution in [0.1, 0.15) is 31.7 Å². The van der Waals surface area contributed by atoms with Crippen LogP contribution < -0.4 is 10.2 Å². The van der Waals surface area contributed by atoms with Crippen molar-refractivity contribution in [3.63, 3.8) is 0 Å². The van der Waals surface area contributed by atoms with Crippen LogP contribution in [0.15, 0.2) is 47.8 Å². The van der Waals surface area contributed by atoms with Gasteiger partial charge in [0, 0.05) is 24.8 Å². The van der Waals surface area contributed by atoms with Crippen molar-refractivity contribution < 1.29 is 13.9 Å². The number of halogens is 1.